The van der Waals surface area contributed by atoms with Gasteiger partial charge in [-0.2, -0.15) is 0 Å². The van der Waals surface area contributed by atoms with Gasteiger partial charge in [-0.15, -0.1) is 0 Å². The first-order valence-electron chi connectivity index (χ1n) is 4.63. The maximum absolute atomic E-state index is 10.4. The molecule has 0 saturated heterocycles. The molecule has 78 valence electrons. The van der Waals surface area contributed by atoms with Crippen LogP contribution in [-0.4, -0.2) is 22.3 Å². The lowest BCUT2D eigenvalue weighted by Crippen LogP contribution is -2.24. The van der Waals surface area contributed by atoms with Crippen LogP contribution >= 0.6 is 0 Å². The summed E-state index contributed by atoms with van der Waals surface area (Å²) in [6.07, 6.45) is 0.0570. The second-order valence-electron chi connectivity index (χ2n) is 4.96. The first-order valence-corrected chi connectivity index (χ1v) is 4.63. The van der Waals surface area contributed by atoms with E-state index in [1.807, 2.05) is 6.92 Å². The van der Waals surface area contributed by atoms with Crippen LogP contribution in [0.3, 0.4) is 0 Å². The topological polar surface area (TPSA) is 57.5 Å². The van der Waals surface area contributed by atoms with Gasteiger partial charge < -0.3 is 10.2 Å². The lowest BCUT2D eigenvalue weighted by molar-refractivity contribution is -0.147. The second kappa shape index (κ2) is 4.61. The molecule has 0 aromatic carbocycles. The Kier molecular flexibility index (Phi) is 4.40. The number of aliphatic hydroxyl groups excluding tert-OH is 1. The van der Waals surface area contributed by atoms with E-state index < -0.39 is 12.1 Å². The van der Waals surface area contributed by atoms with Gasteiger partial charge in [-0.05, 0) is 24.2 Å². The Morgan fingerprint density at radius 3 is 2.15 bits per heavy atom. The second-order valence-corrected chi connectivity index (χ2v) is 4.96. The molecule has 3 nitrogen and oxygen atoms in total. The van der Waals surface area contributed by atoms with E-state index in [0.29, 0.717) is 6.42 Å². The number of aliphatic carboxylic acids is 1. The van der Waals surface area contributed by atoms with E-state index in [4.69, 9.17) is 10.2 Å². The third kappa shape index (κ3) is 6.58. The Morgan fingerprint density at radius 1 is 1.38 bits per heavy atom. The number of carboxylic acids is 1. The Morgan fingerprint density at radius 2 is 1.85 bits per heavy atom. The standard InChI is InChI=1S/C10H20O3/c1-7(6-10(2,3)4)5-8(11)9(12)13/h7-8,11H,5-6H2,1-4H3,(H,12,13)/t7-,8-/m0/s1. The molecule has 0 aromatic heterocycles. The number of hydrogen-bond donors (Lipinski definition) is 2. The highest BCUT2D eigenvalue weighted by Gasteiger charge is 2.21. The van der Waals surface area contributed by atoms with Crippen molar-refractivity contribution in [3.05, 3.63) is 0 Å². The van der Waals surface area contributed by atoms with E-state index >= 15 is 0 Å². The van der Waals surface area contributed by atoms with Gasteiger partial charge in [0, 0.05) is 0 Å². The first-order chi connectivity index (χ1) is 5.72. The molecular formula is C10H20O3. The summed E-state index contributed by atoms with van der Waals surface area (Å²) in [6.45, 7) is 8.29. The van der Waals surface area contributed by atoms with Gasteiger partial charge in [-0.25, -0.2) is 4.79 Å². The molecule has 0 unspecified atom stereocenters. The maximum Gasteiger partial charge on any atom is 0.332 e. The smallest absolute Gasteiger partial charge is 0.332 e. The average Bonchev–Trinajstić information content (AvgIpc) is 1.81. The van der Waals surface area contributed by atoms with Crippen molar-refractivity contribution in [3.8, 4) is 0 Å². The highest BCUT2D eigenvalue weighted by atomic mass is 16.4. The predicted molar refractivity (Wildman–Crippen MR) is 51.5 cm³/mol. The van der Waals surface area contributed by atoms with Gasteiger partial charge in [0.25, 0.3) is 0 Å². The minimum absolute atomic E-state index is 0.192. The fourth-order valence-electron chi connectivity index (χ4n) is 1.61. The number of rotatable bonds is 4. The van der Waals surface area contributed by atoms with Crippen LogP contribution in [0.5, 0.6) is 0 Å². The third-order valence-electron chi connectivity index (χ3n) is 1.87. The lowest BCUT2D eigenvalue weighted by Gasteiger charge is -2.23. The highest BCUT2D eigenvalue weighted by Crippen LogP contribution is 2.26. The minimum Gasteiger partial charge on any atom is -0.479 e. The first kappa shape index (κ1) is 12.4. The molecule has 0 aliphatic carbocycles. The van der Waals surface area contributed by atoms with Gasteiger partial charge in [0.2, 0.25) is 0 Å². The molecule has 0 fully saturated rings. The van der Waals surface area contributed by atoms with Crippen LogP contribution in [-0.2, 0) is 4.79 Å². The van der Waals surface area contributed by atoms with Crippen molar-refractivity contribution in [2.24, 2.45) is 11.3 Å². The third-order valence-corrected chi connectivity index (χ3v) is 1.87. The van der Waals surface area contributed by atoms with Crippen molar-refractivity contribution in [1.29, 1.82) is 0 Å². The van der Waals surface area contributed by atoms with Gasteiger partial charge in [0.15, 0.2) is 6.10 Å². The van der Waals surface area contributed by atoms with Crippen molar-refractivity contribution in [2.75, 3.05) is 0 Å². The maximum atomic E-state index is 10.4. The quantitative estimate of drug-likeness (QED) is 0.708. The van der Waals surface area contributed by atoms with Crippen molar-refractivity contribution >= 4 is 5.97 Å². The molecule has 0 spiro atoms. The fourth-order valence-corrected chi connectivity index (χ4v) is 1.61. The number of hydrogen-bond acceptors (Lipinski definition) is 2. The average molecular weight is 188 g/mol. The summed E-state index contributed by atoms with van der Waals surface area (Å²) in [6, 6.07) is 0. The van der Waals surface area contributed by atoms with Crippen molar-refractivity contribution in [1.82, 2.24) is 0 Å². The molecule has 0 amide bonds. The van der Waals surface area contributed by atoms with Gasteiger partial charge in [0.05, 0.1) is 0 Å². The predicted octanol–water partition coefficient (Wildman–Crippen LogP) is 1.89. The van der Waals surface area contributed by atoms with Gasteiger partial charge in [-0.1, -0.05) is 27.7 Å². The zero-order chi connectivity index (χ0) is 10.6. The normalized spacial score (nSPS) is 16.7. The van der Waals surface area contributed by atoms with Gasteiger partial charge in [-0.3, -0.25) is 0 Å². The van der Waals surface area contributed by atoms with Crippen LogP contribution < -0.4 is 0 Å². The van der Waals surface area contributed by atoms with Crippen LogP contribution in [0, 0.1) is 11.3 Å². The molecule has 0 aromatic rings. The zero-order valence-corrected chi connectivity index (χ0v) is 8.87. The molecule has 0 bridgehead atoms. The van der Waals surface area contributed by atoms with Crippen LogP contribution in [0.4, 0.5) is 0 Å². The molecule has 0 aliphatic rings. The van der Waals surface area contributed by atoms with E-state index in [2.05, 4.69) is 20.8 Å². The molecule has 2 atom stereocenters. The Balaban J connectivity index is 3.88. The Hall–Kier alpha value is -0.570. The monoisotopic (exact) mass is 188 g/mol. The summed E-state index contributed by atoms with van der Waals surface area (Å²) >= 11 is 0. The van der Waals surface area contributed by atoms with E-state index in [0.717, 1.165) is 6.42 Å². The molecule has 3 heteroatoms. The SMILES string of the molecule is C[C@@H](C[C@H](O)C(=O)O)CC(C)(C)C. The van der Waals surface area contributed by atoms with Crippen LogP contribution in [0.15, 0.2) is 0 Å². The van der Waals surface area contributed by atoms with Crippen molar-refractivity contribution < 1.29 is 15.0 Å². The van der Waals surface area contributed by atoms with E-state index in [1.165, 1.54) is 0 Å². The summed E-state index contributed by atoms with van der Waals surface area (Å²) in [5.41, 5.74) is 0.192. The summed E-state index contributed by atoms with van der Waals surface area (Å²) in [4.78, 5) is 10.4. The van der Waals surface area contributed by atoms with Gasteiger partial charge >= 0.3 is 5.97 Å². The molecular weight excluding hydrogens is 168 g/mol. The molecule has 0 aliphatic heterocycles. The lowest BCUT2D eigenvalue weighted by atomic mass is 9.83. The van der Waals surface area contributed by atoms with Crippen LogP contribution in [0.2, 0.25) is 0 Å². The van der Waals surface area contributed by atoms with E-state index in [-0.39, 0.29) is 11.3 Å². The van der Waals surface area contributed by atoms with Gasteiger partial charge in [0.1, 0.15) is 0 Å². The Labute approximate surface area is 79.8 Å². The highest BCUT2D eigenvalue weighted by molar-refractivity contribution is 5.71. The Bertz CT molecular complexity index is 169. The number of carboxylic acid groups (broad SMARTS) is 1. The molecule has 13 heavy (non-hydrogen) atoms. The van der Waals surface area contributed by atoms with E-state index in [1.54, 1.807) is 0 Å². The largest absolute Gasteiger partial charge is 0.479 e. The molecule has 0 saturated carbocycles. The molecule has 0 heterocycles. The van der Waals surface area contributed by atoms with Crippen LogP contribution in [0.25, 0.3) is 0 Å². The summed E-state index contributed by atoms with van der Waals surface area (Å²) in [5, 5.41) is 17.6. The zero-order valence-electron chi connectivity index (χ0n) is 8.87. The minimum atomic E-state index is -1.21. The fraction of sp³-hybridized carbons (Fsp3) is 0.900. The molecule has 0 rings (SSSR count). The number of aliphatic hydroxyl groups is 1. The van der Waals surface area contributed by atoms with Crippen LogP contribution in [0.1, 0.15) is 40.5 Å². The molecule has 2 N–H and O–H groups in total. The van der Waals surface area contributed by atoms with Crippen molar-refractivity contribution in [2.45, 2.75) is 46.6 Å². The summed E-state index contributed by atoms with van der Waals surface area (Å²) in [5.74, 6) is -0.883. The summed E-state index contributed by atoms with van der Waals surface area (Å²) in [7, 11) is 0. The number of carbonyl (C=O) groups is 1. The van der Waals surface area contributed by atoms with Crippen molar-refractivity contribution in [3.63, 3.8) is 0 Å². The summed E-state index contributed by atoms with van der Waals surface area (Å²) < 4.78 is 0. The van der Waals surface area contributed by atoms with E-state index in [9.17, 15) is 4.79 Å². The molecule has 0 radical (unpaired) electrons.